The fourth-order valence-electron chi connectivity index (χ4n) is 2.64. The van der Waals surface area contributed by atoms with Crippen molar-refractivity contribution in [3.05, 3.63) is 34.3 Å². The van der Waals surface area contributed by atoms with Gasteiger partial charge in [-0.05, 0) is 38.1 Å². The van der Waals surface area contributed by atoms with Crippen LogP contribution in [0.1, 0.15) is 30.6 Å². The minimum atomic E-state index is -5.08. The number of rotatable bonds is 5. The lowest BCUT2D eigenvalue weighted by atomic mass is 10.1. The Kier molecular flexibility index (Phi) is 10.3. The number of piperazine rings is 1. The van der Waals surface area contributed by atoms with E-state index in [-0.39, 0.29) is 17.9 Å². The van der Waals surface area contributed by atoms with Crippen molar-refractivity contribution in [1.82, 2.24) is 15.1 Å². The van der Waals surface area contributed by atoms with Gasteiger partial charge in [-0.2, -0.15) is 13.2 Å². The zero-order chi connectivity index (χ0) is 22.9. The van der Waals surface area contributed by atoms with E-state index in [1.807, 2.05) is 30.9 Å². The Labute approximate surface area is 181 Å². The largest absolute Gasteiger partial charge is 0.490 e. The number of halogens is 4. The third-order valence-electron chi connectivity index (χ3n) is 4.25. The third-order valence-corrected chi connectivity index (χ3v) is 4.78. The van der Waals surface area contributed by atoms with Crippen LogP contribution in [-0.2, 0) is 9.59 Å². The van der Waals surface area contributed by atoms with E-state index in [1.54, 1.807) is 17.0 Å². The van der Waals surface area contributed by atoms with Gasteiger partial charge in [0.05, 0.1) is 0 Å². The first-order valence-electron chi connectivity index (χ1n) is 9.28. The number of hydrogen-bond acceptors (Lipinski definition) is 4. The summed E-state index contributed by atoms with van der Waals surface area (Å²) in [6.45, 7) is 7.60. The van der Waals surface area contributed by atoms with Gasteiger partial charge in [0, 0.05) is 55.2 Å². The molecule has 0 aliphatic carbocycles. The van der Waals surface area contributed by atoms with Gasteiger partial charge in [0.25, 0.3) is 5.91 Å². The molecule has 1 aromatic rings. The number of alkyl halides is 3. The number of carbonyl (C=O) groups excluding carboxylic acids is 2. The van der Waals surface area contributed by atoms with Crippen LogP contribution in [0.25, 0.3) is 0 Å². The lowest BCUT2D eigenvalue weighted by Crippen LogP contribution is -2.47. The van der Waals surface area contributed by atoms with Crippen molar-refractivity contribution >= 4 is 33.7 Å². The molecule has 0 bridgehead atoms. The Hall–Kier alpha value is -2.14. The van der Waals surface area contributed by atoms with E-state index in [4.69, 9.17) is 9.90 Å². The SMILES string of the molecule is CC(C)N(CCC(=O)N1CCNCC1)C(=O)c1ccc(Br)cc1.O=C(O)C(F)(F)F. The minimum absolute atomic E-state index is 0.0272. The molecule has 1 aromatic carbocycles. The molecule has 2 rings (SSSR count). The van der Waals surface area contributed by atoms with E-state index in [2.05, 4.69) is 21.2 Å². The molecule has 0 unspecified atom stereocenters. The van der Waals surface area contributed by atoms with Crippen LogP contribution >= 0.6 is 15.9 Å². The zero-order valence-electron chi connectivity index (χ0n) is 16.7. The number of aliphatic carboxylic acids is 1. The van der Waals surface area contributed by atoms with Crippen LogP contribution in [0.3, 0.4) is 0 Å². The second-order valence-electron chi connectivity index (χ2n) is 6.78. The summed E-state index contributed by atoms with van der Waals surface area (Å²) in [6.07, 6.45) is -4.71. The number of nitrogens with one attached hydrogen (secondary N) is 1. The van der Waals surface area contributed by atoms with Gasteiger partial charge in [-0.25, -0.2) is 4.79 Å². The van der Waals surface area contributed by atoms with Crippen molar-refractivity contribution in [2.24, 2.45) is 0 Å². The summed E-state index contributed by atoms with van der Waals surface area (Å²) >= 11 is 3.37. The zero-order valence-corrected chi connectivity index (χ0v) is 18.3. The maximum atomic E-state index is 12.7. The third kappa shape index (κ3) is 8.70. The fraction of sp³-hybridized carbons (Fsp3) is 0.526. The Morgan fingerprint density at radius 3 is 2.10 bits per heavy atom. The number of hydrogen-bond donors (Lipinski definition) is 2. The van der Waals surface area contributed by atoms with Gasteiger partial charge in [-0.15, -0.1) is 0 Å². The standard InChI is InChI=1S/C17H24BrN3O2.C2HF3O2/c1-13(2)21(17(23)14-3-5-15(18)6-4-14)10-7-16(22)20-11-8-19-9-12-20;3-2(4,5)1(6)7/h3-6,13,19H,7-12H2,1-2H3;(H,6,7). The Balaban J connectivity index is 0.000000553. The highest BCUT2D eigenvalue weighted by Gasteiger charge is 2.38. The predicted molar refractivity (Wildman–Crippen MR) is 108 cm³/mol. The average Bonchev–Trinajstić information content (AvgIpc) is 2.68. The molecule has 0 atom stereocenters. The van der Waals surface area contributed by atoms with Crippen LogP contribution in [0.4, 0.5) is 13.2 Å². The van der Waals surface area contributed by atoms with Crippen molar-refractivity contribution in [3.63, 3.8) is 0 Å². The molecule has 0 spiro atoms. The topological polar surface area (TPSA) is 90.0 Å². The molecule has 1 saturated heterocycles. The molecular weight excluding hydrogens is 471 g/mol. The summed E-state index contributed by atoms with van der Waals surface area (Å²) in [4.78, 5) is 37.5. The van der Waals surface area contributed by atoms with E-state index in [1.165, 1.54) is 0 Å². The molecule has 1 heterocycles. The Morgan fingerprint density at radius 2 is 1.67 bits per heavy atom. The molecule has 1 fully saturated rings. The van der Waals surface area contributed by atoms with E-state index < -0.39 is 12.1 Å². The number of amides is 2. The van der Waals surface area contributed by atoms with E-state index in [9.17, 15) is 22.8 Å². The molecule has 0 aromatic heterocycles. The molecule has 0 saturated carbocycles. The van der Waals surface area contributed by atoms with Gasteiger partial charge in [0.15, 0.2) is 0 Å². The summed E-state index contributed by atoms with van der Waals surface area (Å²) < 4.78 is 32.7. The molecule has 2 amide bonds. The Morgan fingerprint density at radius 1 is 1.17 bits per heavy atom. The Bertz CT molecular complexity index is 721. The van der Waals surface area contributed by atoms with E-state index in [0.717, 1.165) is 30.7 Å². The first-order chi connectivity index (χ1) is 13.9. The van der Waals surface area contributed by atoms with Gasteiger partial charge in [-0.1, -0.05) is 15.9 Å². The fourth-order valence-corrected chi connectivity index (χ4v) is 2.91. The van der Waals surface area contributed by atoms with Crippen molar-refractivity contribution in [2.75, 3.05) is 32.7 Å². The number of carboxylic acid groups (broad SMARTS) is 1. The van der Waals surface area contributed by atoms with Crippen molar-refractivity contribution in [1.29, 1.82) is 0 Å². The van der Waals surface area contributed by atoms with Crippen LogP contribution in [0, 0.1) is 0 Å². The summed E-state index contributed by atoms with van der Waals surface area (Å²) in [6, 6.07) is 7.39. The van der Waals surface area contributed by atoms with Gasteiger partial charge in [0.2, 0.25) is 5.91 Å². The first-order valence-corrected chi connectivity index (χ1v) is 10.1. The number of carboxylic acids is 1. The first kappa shape index (κ1) is 25.9. The average molecular weight is 496 g/mol. The molecule has 0 radical (unpaired) electrons. The van der Waals surface area contributed by atoms with Crippen molar-refractivity contribution in [2.45, 2.75) is 32.5 Å². The summed E-state index contributed by atoms with van der Waals surface area (Å²) in [7, 11) is 0. The highest BCUT2D eigenvalue weighted by Crippen LogP contribution is 2.15. The van der Waals surface area contributed by atoms with Crippen LogP contribution in [0.15, 0.2) is 28.7 Å². The quantitative estimate of drug-likeness (QED) is 0.655. The highest BCUT2D eigenvalue weighted by atomic mass is 79.9. The van der Waals surface area contributed by atoms with Crippen molar-refractivity contribution in [3.8, 4) is 0 Å². The summed E-state index contributed by atoms with van der Waals surface area (Å²) in [5, 5.41) is 10.4. The van der Waals surface area contributed by atoms with E-state index in [0.29, 0.717) is 18.5 Å². The molecule has 1 aliphatic heterocycles. The monoisotopic (exact) mass is 495 g/mol. The molecule has 1 aliphatic rings. The maximum absolute atomic E-state index is 12.7. The number of carbonyl (C=O) groups is 3. The molecule has 30 heavy (non-hydrogen) atoms. The van der Waals surface area contributed by atoms with Crippen LogP contribution < -0.4 is 5.32 Å². The van der Waals surface area contributed by atoms with Crippen molar-refractivity contribution < 1.29 is 32.7 Å². The molecule has 2 N–H and O–H groups in total. The predicted octanol–water partition coefficient (Wildman–Crippen LogP) is 2.75. The van der Waals surface area contributed by atoms with Crippen LogP contribution in [-0.4, -0.2) is 77.6 Å². The molecular formula is C19H25BrF3N3O4. The summed E-state index contributed by atoms with van der Waals surface area (Å²) in [5.41, 5.74) is 0.650. The van der Waals surface area contributed by atoms with Gasteiger partial charge in [-0.3, -0.25) is 9.59 Å². The number of nitrogens with zero attached hydrogens (tertiary/aromatic N) is 2. The number of benzene rings is 1. The second-order valence-corrected chi connectivity index (χ2v) is 7.70. The van der Waals surface area contributed by atoms with Crippen LogP contribution in [0.2, 0.25) is 0 Å². The maximum Gasteiger partial charge on any atom is 0.490 e. The lowest BCUT2D eigenvalue weighted by Gasteiger charge is -2.30. The van der Waals surface area contributed by atoms with Gasteiger partial charge < -0.3 is 20.2 Å². The van der Waals surface area contributed by atoms with Gasteiger partial charge >= 0.3 is 12.1 Å². The highest BCUT2D eigenvalue weighted by molar-refractivity contribution is 9.10. The molecule has 168 valence electrons. The summed E-state index contributed by atoms with van der Waals surface area (Å²) in [5.74, 6) is -2.66. The lowest BCUT2D eigenvalue weighted by molar-refractivity contribution is -0.192. The normalized spacial score (nSPS) is 14.0. The van der Waals surface area contributed by atoms with Gasteiger partial charge in [0.1, 0.15) is 0 Å². The van der Waals surface area contributed by atoms with Crippen LogP contribution in [0.5, 0.6) is 0 Å². The second kappa shape index (κ2) is 11.9. The smallest absolute Gasteiger partial charge is 0.475 e. The molecule has 7 nitrogen and oxygen atoms in total. The van der Waals surface area contributed by atoms with E-state index >= 15 is 0 Å². The molecule has 11 heteroatoms. The minimum Gasteiger partial charge on any atom is -0.475 e.